The van der Waals surface area contributed by atoms with E-state index in [4.69, 9.17) is 11.6 Å². The molecule has 1 heterocycles. The van der Waals surface area contributed by atoms with Gasteiger partial charge in [-0.3, -0.25) is 0 Å². The predicted octanol–water partition coefficient (Wildman–Crippen LogP) is 1.82. The molecule has 88 valence electrons. The molecular weight excluding hydrogens is 234 g/mol. The van der Waals surface area contributed by atoms with Gasteiger partial charge in [-0.15, -0.1) is 11.6 Å². The number of hydrogen-bond acceptors (Lipinski definition) is 2. The van der Waals surface area contributed by atoms with E-state index < -0.39 is 14.8 Å². The van der Waals surface area contributed by atoms with Crippen LogP contribution in [0.1, 0.15) is 33.1 Å². The summed E-state index contributed by atoms with van der Waals surface area (Å²) in [5, 5.41) is 0.128. The highest BCUT2D eigenvalue weighted by molar-refractivity contribution is 7.90. The van der Waals surface area contributed by atoms with Crippen LogP contribution in [0.4, 0.5) is 0 Å². The van der Waals surface area contributed by atoms with Gasteiger partial charge in [0.25, 0.3) is 0 Å². The van der Waals surface area contributed by atoms with Gasteiger partial charge in [0, 0.05) is 18.5 Å². The van der Waals surface area contributed by atoms with Crippen molar-refractivity contribution in [1.29, 1.82) is 0 Å². The van der Waals surface area contributed by atoms with E-state index in [1.165, 1.54) is 0 Å². The Hall–Kier alpha value is 0.200. The topological polar surface area (TPSA) is 37.4 Å². The first-order chi connectivity index (χ1) is 6.87. The number of sulfonamides is 1. The molecule has 0 amide bonds. The van der Waals surface area contributed by atoms with Gasteiger partial charge in [-0.2, -0.15) is 0 Å². The van der Waals surface area contributed by atoms with E-state index in [2.05, 4.69) is 0 Å². The molecule has 5 heteroatoms. The maximum Gasteiger partial charge on any atom is 0.219 e. The molecule has 1 saturated carbocycles. The summed E-state index contributed by atoms with van der Waals surface area (Å²) < 4.78 is 25.6. The van der Waals surface area contributed by atoms with Gasteiger partial charge in [-0.05, 0) is 32.1 Å². The van der Waals surface area contributed by atoms with Gasteiger partial charge < -0.3 is 0 Å². The Morgan fingerprint density at radius 3 is 2.47 bits per heavy atom. The average Bonchev–Trinajstić information content (AvgIpc) is 2.90. The summed E-state index contributed by atoms with van der Waals surface area (Å²) in [5.74, 6) is 0.262. The Labute approximate surface area is 96.8 Å². The Morgan fingerprint density at radius 2 is 2.00 bits per heavy atom. The zero-order chi connectivity index (χ0) is 11.3. The normalized spacial score (nSPS) is 36.5. The monoisotopic (exact) mass is 251 g/mol. The maximum absolute atomic E-state index is 12.2. The van der Waals surface area contributed by atoms with Crippen LogP contribution in [0.2, 0.25) is 0 Å². The van der Waals surface area contributed by atoms with Crippen molar-refractivity contribution in [3.63, 3.8) is 0 Å². The van der Waals surface area contributed by atoms with Crippen LogP contribution in [0.15, 0.2) is 0 Å². The van der Waals surface area contributed by atoms with Crippen molar-refractivity contribution < 1.29 is 8.42 Å². The smallest absolute Gasteiger partial charge is 0.212 e. The van der Waals surface area contributed by atoms with Crippen molar-refractivity contribution >= 4 is 21.6 Å². The van der Waals surface area contributed by atoms with E-state index in [0.29, 0.717) is 13.1 Å². The number of nitrogens with zero attached hydrogens (tertiary/aromatic N) is 1. The highest BCUT2D eigenvalue weighted by atomic mass is 35.5. The summed E-state index contributed by atoms with van der Waals surface area (Å²) in [4.78, 5) is 0. The Kier molecular flexibility index (Phi) is 2.81. The fourth-order valence-corrected chi connectivity index (χ4v) is 4.24. The first-order valence-corrected chi connectivity index (χ1v) is 7.38. The summed E-state index contributed by atoms with van der Waals surface area (Å²) in [5.41, 5.74) is 0. The van der Waals surface area contributed by atoms with Gasteiger partial charge in [-0.1, -0.05) is 6.92 Å². The Morgan fingerprint density at radius 1 is 1.40 bits per heavy atom. The molecule has 2 rings (SSSR count). The summed E-state index contributed by atoms with van der Waals surface area (Å²) in [6, 6.07) is 0. The second-order valence-electron chi connectivity index (χ2n) is 5.09. The van der Waals surface area contributed by atoms with Crippen LogP contribution in [0.3, 0.4) is 0 Å². The second kappa shape index (κ2) is 3.60. The van der Waals surface area contributed by atoms with Crippen molar-refractivity contribution in [2.75, 3.05) is 13.1 Å². The van der Waals surface area contributed by atoms with Crippen molar-refractivity contribution in [3.8, 4) is 0 Å². The summed E-state index contributed by atoms with van der Waals surface area (Å²) >= 11 is 6.09. The van der Waals surface area contributed by atoms with Gasteiger partial charge in [-0.25, -0.2) is 12.7 Å². The first-order valence-electron chi connectivity index (χ1n) is 5.50. The quantitative estimate of drug-likeness (QED) is 0.702. The van der Waals surface area contributed by atoms with Crippen LogP contribution in [0.5, 0.6) is 0 Å². The lowest BCUT2D eigenvalue weighted by Gasteiger charge is -2.34. The van der Waals surface area contributed by atoms with Gasteiger partial charge in [0.05, 0.1) is 4.75 Å². The minimum atomic E-state index is -3.07. The van der Waals surface area contributed by atoms with E-state index in [9.17, 15) is 8.42 Å². The van der Waals surface area contributed by atoms with Crippen LogP contribution in [0, 0.1) is 5.92 Å². The van der Waals surface area contributed by atoms with Crippen LogP contribution >= 0.6 is 11.6 Å². The fourth-order valence-electron chi connectivity index (χ4n) is 2.04. The lowest BCUT2D eigenvalue weighted by Crippen LogP contribution is -2.47. The molecule has 1 aliphatic heterocycles. The fraction of sp³-hybridized carbons (Fsp3) is 1.00. The standard InChI is InChI=1S/C10H18ClNO2S/c1-8-7-12(6-3-9(8)11)15(13,14)10(2)4-5-10/h8-9H,3-7H2,1-2H3. The SMILES string of the molecule is CC1CN(S(=O)(=O)C2(C)CC2)CCC1Cl. The third-order valence-corrected chi connectivity index (χ3v) is 6.99. The molecule has 0 radical (unpaired) electrons. The number of hydrogen-bond donors (Lipinski definition) is 0. The minimum absolute atomic E-state index is 0.128. The molecule has 3 nitrogen and oxygen atoms in total. The van der Waals surface area contributed by atoms with Gasteiger partial charge in [0.2, 0.25) is 10.0 Å². The lowest BCUT2D eigenvalue weighted by molar-refractivity contribution is 0.283. The van der Waals surface area contributed by atoms with E-state index in [-0.39, 0.29) is 11.3 Å². The van der Waals surface area contributed by atoms with E-state index >= 15 is 0 Å². The molecule has 1 saturated heterocycles. The molecule has 0 bridgehead atoms. The van der Waals surface area contributed by atoms with Crippen LogP contribution in [0.25, 0.3) is 0 Å². The average molecular weight is 252 g/mol. The van der Waals surface area contributed by atoms with Crippen molar-refractivity contribution in [3.05, 3.63) is 0 Å². The third-order valence-electron chi connectivity index (χ3n) is 3.68. The molecule has 0 N–H and O–H groups in total. The summed E-state index contributed by atoms with van der Waals surface area (Å²) in [6.45, 7) is 5.05. The zero-order valence-corrected chi connectivity index (χ0v) is 10.8. The first kappa shape index (κ1) is 11.7. The van der Waals surface area contributed by atoms with Gasteiger partial charge in [0.1, 0.15) is 0 Å². The maximum atomic E-state index is 12.2. The number of rotatable bonds is 2. The highest BCUT2D eigenvalue weighted by Gasteiger charge is 2.53. The Bertz CT molecular complexity index is 350. The highest BCUT2D eigenvalue weighted by Crippen LogP contribution is 2.45. The zero-order valence-electron chi connectivity index (χ0n) is 9.24. The molecule has 2 aliphatic rings. The predicted molar refractivity (Wildman–Crippen MR) is 61.6 cm³/mol. The van der Waals surface area contributed by atoms with Crippen LogP contribution in [-0.4, -0.2) is 35.9 Å². The second-order valence-corrected chi connectivity index (χ2v) is 8.11. The van der Waals surface area contributed by atoms with Gasteiger partial charge >= 0.3 is 0 Å². The van der Waals surface area contributed by atoms with Gasteiger partial charge in [0.15, 0.2) is 0 Å². The molecular formula is C10H18ClNO2S. The largest absolute Gasteiger partial charge is 0.219 e. The van der Waals surface area contributed by atoms with Crippen molar-refractivity contribution in [1.82, 2.24) is 4.31 Å². The van der Waals surface area contributed by atoms with E-state index in [0.717, 1.165) is 19.3 Å². The van der Waals surface area contributed by atoms with Crippen LogP contribution < -0.4 is 0 Å². The molecule has 1 aliphatic carbocycles. The summed E-state index contributed by atoms with van der Waals surface area (Å²) in [6.07, 6.45) is 2.40. The lowest BCUT2D eigenvalue weighted by atomic mass is 10.0. The summed E-state index contributed by atoms with van der Waals surface area (Å²) in [7, 11) is -3.07. The molecule has 0 aromatic carbocycles. The molecule has 15 heavy (non-hydrogen) atoms. The van der Waals surface area contributed by atoms with Crippen molar-refractivity contribution in [2.24, 2.45) is 5.92 Å². The third kappa shape index (κ3) is 1.92. The molecule has 2 unspecified atom stereocenters. The molecule has 2 atom stereocenters. The molecule has 0 spiro atoms. The number of halogens is 1. The molecule has 0 aromatic rings. The molecule has 0 aromatic heterocycles. The van der Waals surface area contributed by atoms with Crippen LogP contribution in [-0.2, 0) is 10.0 Å². The van der Waals surface area contributed by atoms with E-state index in [1.54, 1.807) is 4.31 Å². The van der Waals surface area contributed by atoms with Crippen molar-refractivity contribution in [2.45, 2.75) is 43.2 Å². The Balaban J connectivity index is 2.12. The number of piperidine rings is 1. The molecule has 2 fully saturated rings. The number of alkyl halides is 1. The van der Waals surface area contributed by atoms with E-state index in [1.807, 2.05) is 13.8 Å². The minimum Gasteiger partial charge on any atom is -0.212 e.